The lowest BCUT2D eigenvalue weighted by Crippen LogP contribution is -2.41. The molecule has 1 saturated carbocycles. The molecule has 6 rings (SSSR count). The van der Waals surface area contributed by atoms with Crippen LogP contribution in [0.1, 0.15) is 41.2 Å². The number of aromatic nitrogens is 4. The van der Waals surface area contributed by atoms with E-state index in [0.717, 1.165) is 19.0 Å². The number of carbonyl (C=O) groups is 1. The van der Waals surface area contributed by atoms with Crippen molar-refractivity contribution in [2.45, 2.75) is 30.8 Å². The summed E-state index contributed by atoms with van der Waals surface area (Å²) in [6, 6.07) is 3.09. The predicted molar refractivity (Wildman–Crippen MR) is 108 cm³/mol. The van der Waals surface area contributed by atoms with Crippen molar-refractivity contribution >= 4 is 17.4 Å². The van der Waals surface area contributed by atoms with Gasteiger partial charge in [-0.25, -0.2) is 18.9 Å². The zero-order chi connectivity index (χ0) is 21.0. The molecule has 1 saturated heterocycles. The van der Waals surface area contributed by atoms with Crippen molar-refractivity contribution in [1.29, 1.82) is 0 Å². The van der Waals surface area contributed by atoms with Gasteiger partial charge in [0.25, 0.3) is 5.91 Å². The van der Waals surface area contributed by atoms with Gasteiger partial charge in [-0.2, -0.15) is 5.10 Å². The van der Waals surface area contributed by atoms with Crippen molar-refractivity contribution < 1.29 is 18.7 Å². The topological polar surface area (TPSA) is 93.9 Å². The zero-order valence-electron chi connectivity index (χ0n) is 16.8. The molecule has 31 heavy (non-hydrogen) atoms. The Hall–Kier alpha value is -3.27. The highest BCUT2D eigenvalue weighted by atomic mass is 19.1. The molecule has 160 valence electrons. The quantitative estimate of drug-likeness (QED) is 0.589. The molecule has 10 heteroatoms. The van der Waals surface area contributed by atoms with E-state index in [2.05, 4.69) is 20.3 Å². The number of hydrogen-bond donors (Lipinski definition) is 1. The second-order valence-electron chi connectivity index (χ2n) is 8.29. The number of rotatable bonds is 0. The van der Waals surface area contributed by atoms with Gasteiger partial charge in [0.1, 0.15) is 23.8 Å². The summed E-state index contributed by atoms with van der Waals surface area (Å²) in [5, 5.41) is 7.36. The SMILES string of the molecule is O=C1NC2(CC2)COc2ncc(F)cc2C2CCOCCN2c2ccn3ncc1c3n2. The zero-order valence-corrected chi connectivity index (χ0v) is 16.8. The van der Waals surface area contributed by atoms with Gasteiger partial charge in [-0.05, 0) is 31.4 Å². The molecule has 1 atom stereocenters. The summed E-state index contributed by atoms with van der Waals surface area (Å²) >= 11 is 0. The second kappa shape index (κ2) is 6.88. The lowest BCUT2D eigenvalue weighted by atomic mass is 10.0. The van der Waals surface area contributed by atoms with E-state index in [9.17, 15) is 9.18 Å². The molecule has 1 aliphatic carbocycles. The lowest BCUT2D eigenvalue weighted by molar-refractivity contribution is 0.0913. The van der Waals surface area contributed by atoms with E-state index in [1.54, 1.807) is 10.7 Å². The van der Waals surface area contributed by atoms with Crippen LogP contribution in [0.15, 0.2) is 30.7 Å². The molecule has 1 unspecified atom stereocenters. The summed E-state index contributed by atoms with van der Waals surface area (Å²) < 4.78 is 27.6. The number of fused-ring (bicyclic) bond motifs is 5. The highest BCUT2D eigenvalue weighted by Gasteiger charge is 2.46. The van der Waals surface area contributed by atoms with E-state index in [4.69, 9.17) is 14.5 Å². The first-order valence-electron chi connectivity index (χ1n) is 10.4. The lowest BCUT2D eigenvalue weighted by Gasteiger charge is -2.31. The Kier molecular flexibility index (Phi) is 4.10. The number of hydrogen-bond acceptors (Lipinski definition) is 7. The molecule has 3 aromatic rings. The maximum atomic E-state index is 14.3. The van der Waals surface area contributed by atoms with Gasteiger partial charge in [0.05, 0.1) is 30.6 Å². The minimum Gasteiger partial charge on any atom is -0.475 e. The molecule has 2 fully saturated rings. The van der Waals surface area contributed by atoms with Gasteiger partial charge < -0.3 is 19.7 Å². The van der Waals surface area contributed by atoms with Gasteiger partial charge in [-0.1, -0.05) is 0 Å². The van der Waals surface area contributed by atoms with Crippen LogP contribution in [0.5, 0.6) is 5.88 Å². The summed E-state index contributed by atoms with van der Waals surface area (Å²) in [7, 11) is 0. The third-order valence-corrected chi connectivity index (χ3v) is 6.20. The average molecular weight is 424 g/mol. The van der Waals surface area contributed by atoms with Gasteiger partial charge in [0.15, 0.2) is 5.65 Å². The molecule has 0 aromatic carbocycles. The predicted octanol–water partition coefficient (Wildman–Crippen LogP) is 1.89. The fourth-order valence-corrected chi connectivity index (χ4v) is 4.32. The smallest absolute Gasteiger partial charge is 0.257 e. The molecule has 5 heterocycles. The number of anilines is 1. The Labute approximate surface area is 177 Å². The van der Waals surface area contributed by atoms with Gasteiger partial charge in [0.2, 0.25) is 5.88 Å². The first-order valence-corrected chi connectivity index (χ1v) is 10.4. The van der Waals surface area contributed by atoms with Gasteiger partial charge in [0, 0.05) is 24.9 Å². The first-order chi connectivity index (χ1) is 15.1. The minimum atomic E-state index is -0.462. The van der Waals surface area contributed by atoms with Crippen molar-refractivity contribution in [3.8, 4) is 5.88 Å². The maximum absolute atomic E-state index is 14.3. The first kappa shape index (κ1) is 18.5. The van der Waals surface area contributed by atoms with Crippen LogP contribution in [-0.4, -0.2) is 57.4 Å². The van der Waals surface area contributed by atoms with Crippen LogP contribution >= 0.6 is 0 Å². The fraction of sp³-hybridized carbons (Fsp3) is 0.429. The highest BCUT2D eigenvalue weighted by molar-refractivity contribution is 6.00. The molecular formula is C21H21FN6O3. The molecule has 1 N–H and O–H groups in total. The number of ether oxygens (including phenoxy) is 2. The molecule has 1 spiro atoms. The maximum Gasteiger partial charge on any atom is 0.257 e. The third kappa shape index (κ3) is 3.18. The number of carbonyl (C=O) groups excluding carboxylic acids is 1. The number of nitrogens with one attached hydrogen (secondary N) is 1. The minimum absolute atomic E-state index is 0.233. The Morgan fingerprint density at radius 1 is 1.26 bits per heavy atom. The van der Waals surface area contributed by atoms with Crippen molar-refractivity contribution in [3.05, 3.63) is 47.7 Å². The molecule has 2 bridgehead atoms. The Morgan fingerprint density at radius 3 is 3.03 bits per heavy atom. The highest BCUT2D eigenvalue weighted by Crippen LogP contribution is 2.39. The van der Waals surface area contributed by atoms with Crippen molar-refractivity contribution in [2.75, 3.05) is 31.3 Å². The van der Waals surface area contributed by atoms with Crippen LogP contribution in [-0.2, 0) is 4.74 Å². The van der Waals surface area contributed by atoms with Crippen LogP contribution in [0.4, 0.5) is 10.2 Å². The van der Waals surface area contributed by atoms with E-state index in [1.807, 2.05) is 6.07 Å². The Morgan fingerprint density at radius 2 is 2.16 bits per heavy atom. The molecule has 2 aliphatic heterocycles. The van der Waals surface area contributed by atoms with E-state index in [0.29, 0.717) is 54.7 Å². The van der Waals surface area contributed by atoms with Crippen LogP contribution in [0, 0.1) is 5.82 Å². The molecule has 1 amide bonds. The number of nitrogens with zero attached hydrogens (tertiary/aromatic N) is 5. The molecule has 3 aromatic heterocycles. The average Bonchev–Trinajstić information content (AvgIpc) is 3.46. The largest absolute Gasteiger partial charge is 0.475 e. The van der Waals surface area contributed by atoms with E-state index < -0.39 is 11.4 Å². The Bertz CT molecular complexity index is 1180. The monoisotopic (exact) mass is 424 g/mol. The molecule has 9 nitrogen and oxygen atoms in total. The number of halogens is 1. The summed E-state index contributed by atoms with van der Waals surface area (Å²) in [5.74, 6) is 0.381. The third-order valence-electron chi connectivity index (χ3n) is 6.20. The Balaban J connectivity index is 1.55. The second-order valence-corrected chi connectivity index (χ2v) is 8.29. The van der Waals surface area contributed by atoms with Crippen molar-refractivity contribution in [3.63, 3.8) is 0 Å². The normalized spacial score (nSPS) is 22.4. The van der Waals surface area contributed by atoms with Crippen LogP contribution in [0.3, 0.4) is 0 Å². The standard InChI is InChI=1S/C21H21FN6O3/c22-13-9-14-16-2-7-30-8-6-27(16)17-1-5-28-18(25-17)15(11-24-28)19(29)26-21(3-4-21)12-31-20(14)23-10-13/h1,5,9-11,16H,2-4,6-8,12H2,(H,26,29). The van der Waals surface area contributed by atoms with Crippen LogP contribution < -0.4 is 15.0 Å². The van der Waals surface area contributed by atoms with Gasteiger partial charge >= 0.3 is 0 Å². The summed E-state index contributed by atoms with van der Waals surface area (Å²) in [6.45, 7) is 1.87. The van der Waals surface area contributed by atoms with Crippen molar-refractivity contribution in [1.82, 2.24) is 24.9 Å². The van der Waals surface area contributed by atoms with Gasteiger partial charge in [-0.15, -0.1) is 0 Å². The van der Waals surface area contributed by atoms with E-state index >= 15 is 0 Å². The molecular weight excluding hydrogens is 403 g/mol. The van der Waals surface area contributed by atoms with Gasteiger partial charge in [-0.3, -0.25) is 4.79 Å². The van der Waals surface area contributed by atoms with E-state index in [1.165, 1.54) is 12.3 Å². The summed E-state index contributed by atoms with van der Waals surface area (Å²) in [6.07, 6.45) is 6.71. The summed E-state index contributed by atoms with van der Waals surface area (Å²) in [5.41, 5.74) is 1.09. The summed E-state index contributed by atoms with van der Waals surface area (Å²) in [4.78, 5) is 24.1. The number of amides is 1. The van der Waals surface area contributed by atoms with Crippen molar-refractivity contribution in [2.24, 2.45) is 0 Å². The number of pyridine rings is 1. The van der Waals surface area contributed by atoms with E-state index in [-0.39, 0.29) is 18.6 Å². The van der Waals surface area contributed by atoms with Crippen LogP contribution in [0.25, 0.3) is 5.65 Å². The van der Waals surface area contributed by atoms with Crippen LogP contribution in [0.2, 0.25) is 0 Å². The molecule has 0 radical (unpaired) electrons. The fourth-order valence-electron chi connectivity index (χ4n) is 4.32. The molecule has 3 aliphatic rings.